The molecule has 288 valence electrons. The quantitative estimate of drug-likeness (QED) is 0.123. The van der Waals surface area contributed by atoms with Crippen LogP contribution >= 0.6 is 11.8 Å². The van der Waals surface area contributed by atoms with E-state index in [2.05, 4.69) is 20.9 Å². The van der Waals surface area contributed by atoms with Crippen LogP contribution < -0.4 is 16.0 Å². The highest BCUT2D eigenvalue weighted by Gasteiger charge is 2.40. The molecule has 0 aliphatic carbocycles. The number of thioether (sulfide) groups is 1. The third kappa shape index (κ3) is 13.0. The molecule has 2 saturated heterocycles. The van der Waals surface area contributed by atoms with Crippen LogP contribution in [-0.4, -0.2) is 120 Å². The highest BCUT2D eigenvalue weighted by molar-refractivity contribution is 8.00. The summed E-state index contributed by atoms with van der Waals surface area (Å²) in [6.07, 6.45) is 4.06. The monoisotopic (exact) mass is 733 g/mol. The second-order valence-corrected chi connectivity index (χ2v) is 15.8. The molecule has 2 aliphatic rings. The van der Waals surface area contributed by atoms with Gasteiger partial charge >= 0.3 is 11.9 Å². The molecule has 4 N–H and O–H groups in total. The Hall–Kier alpha value is -2.71. The van der Waals surface area contributed by atoms with Gasteiger partial charge in [0.2, 0.25) is 11.8 Å². The summed E-state index contributed by atoms with van der Waals surface area (Å²) in [4.78, 5) is 55.7. The van der Waals surface area contributed by atoms with Crippen molar-refractivity contribution in [2.24, 2.45) is 11.8 Å². The fourth-order valence-corrected chi connectivity index (χ4v) is 8.64. The van der Waals surface area contributed by atoms with Crippen LogP contribution in [0.15, 0.2) is 30.3 Å². The lowest BCUT2D eigenvalue weighted by Gasteiger charge is -2.38. The van der Waals surface area contributed by atoms with Gasteiger partial charge < -0.3 is 24.8 Å². The minimum atomic E-state index is -0.939. The van der Waals surface area contributed by atoms with Crippen molar-refractivity contribution in [3.63, 3.8) is 0 Å². The molecule has 3 rings (SSSR count). The number of carbonyl (C=O) groups excluding carboxylic acids is 4. The highest BCUT2D eigenvalue weighted by Crippen LogP contribution is 2.30. The van der Waals surface area contributed by atoms with Crippen molar-refractivity contribution in [1.29, 1.82) is 0 Å². The van der Waals surface area contributed by atoms with Crippen LogP contribution in [0.1, 0.15) is 85.1 Å². The van der Waals surface area contributed by atoms with Crippen LogP contribution in [0.4, 0.5) is 0 Å². The van der Waals surface area contributed by atoms with Gasteiger partial charge in [0.25, 0.3) is 0 Å². The number of aliphatic hydroxyl groups excluding tert-OH is 1. The third-order valence-corrected chi connectivity index (χ3v) is 11.5. The zero-order valence-electron chi connectivity index (χ0n) is 31.9. The first-order valence-corrected chi connectivity index (χ1v) is 19.7. The fourth-order valence-electron chi connectivity index (χ4n) is 7.29. The predicted molar refractivity (Wildman–Crippen MR) is 201 cm³/mol. The number of carbonyl (C=O) groups is 4. The number of aliphatic hydroxyl groups is 1. The van der Waals surface area contributed by atoms with Crippen molar-refractivity contribution in [3.8, 4) is 0 Å². The van der Waals surface area contributed by atoms with Gasteiger partial charge in [-0.25, -0.2) is 0 Å². The molecule has 0 radical (unpaired) electrons. The molecule has 1 aromatic carbocycles. The van der Waals surface area contributed by atoms with E-state index >= 15 is 0 Å². The Balaban J connectivity index is 1.71. The number of likely N-dealkylation sites (tertiary alicyclic amines) is 1. The number of ether oxygens (including phenoxy) is 2. The molecular formula is C38H63N5O7S. The zero-order chi connectivity index (χ0) is 37.7. The maximum Gasteiger partial charge on any atom is 0.308 e. The van der Waals surface area contributed by atoms with Crippen LogP contribution in [0.5, 0.6) is 0 Å². The van der Waals surface area contributed by atoms with Gasteiger partial charge in [-0.1, -0.05) is 70.9 Å². The Morgan fingerprint density at radius 2 is 1.82 bits per heavy atom. The van der Waals surface area contributed by atoms with Gasteiger partial charge in [0.1, 0.15) is 18.4 Å². The first-order valence-electron chi connectivity index (χ1n) is 18.6. The number of likely N-dealkylation sites (N-methyl/N-ethyl adjacent to an activating group) is 2. The molecule has 9 atom stereocenters. The molecule has 0 unspecified atom stereocenters. The summed E-state index contributed by atoms with van der Waals surface area (Å²) in [6.45, 7) is 10.1. The van der Waals surface area contributed by atoms with E-state index in [1.807, 2.05) is 65.1 Å². The highest BCUT2D eigenvalue weighted by atomic mass is 32.2. The van der Waals surface area contributed by atoms with Crippen LogP contribution in [0, 0.1) is 11.8 Å². The molecule has 0 bridgehead atoms. The summed E-state index contributed by atoms with van der Waals surface area (Å²) >= 11 is 1.57. The topological polar surface area (TPSA) is 150 Å². The van der Waals surface area contributed by atoms with Crippen molar-refractivity contribution in [2.45, 2.75) is 134 Å². The van der Waals surface area contributed by atoms with E-state index in [-0.39, 0.29) is 59.2 Å². The van der Waals surface area contributed by atoms with Crippen LogP contribution in [0.2, 0.25) is 0 Å². The Bertz CT molecular complexity index is 1260. The number of hydrogen-bond acceptors (Lipinski definition) is 11. The Morgan fingerprint density at radius 3 is 2.43 bits per heavy atom. The molecule has 2 amide bonds. The van der Waals surface area contributed by atoms with Gasteiger partial charge in [0.15, 0.2) is 0 Å². The lowest BCUT2D eigenvalue weighted by molar-refractivity contribution is -0.149. The molecule has 13 heteroatoms. The normalized spacial score (nSPS) is 23.1. The Labute approximate surface area is 309 Å². The van der Waals surface area contributed by atoms with Crippen molar-refractivity contribution in [2.75, 3.05) is 33.5 Å². The average Bonchev–Trinajstić information content (AvgIpc) is 3.60. The first kappa shape index (κ1) is 42.7. The van der Waals surface area contributed by atoms with Crippen LogP contribution in [0.25, 0.3) is 0 Å². The fraction of sp³-hybridized carbons (Fsp3) is 0.737. The van der Waals surface area contributed by atoms with Crippen LogP contribution in [-0.2, 0) is 35.1 Å². The van der Waals surface area contributed by atoms with E-state index in [9.17, 15) is 24.3 Å². The van der Waals surface area contributed by atoms with Crippen molar-refractivity contribution >= 4 is 35.5 Å². The third-order valence-electron chi connectivity index (χ3n) is 10.2. The summed E-state index contributed by atoms with van der Waals surface area (Å²) in [6, 6.07) is 8.20. The number of methoxy groups -OCH3 is 1. The van der Waals surface area contributed by atoms with E-state index in [1.165, 1.54) is 14.0 Å². The number of hydrogen-bond donors (Lipinski definition) is 4. The number of rotatable bonds is 19. The summed E-state index contributed by atoms with van der Waals surface area (Å²) in [7, 11) is 5.11. The number of benzene rings is 1. The molecular weight excluding hydrogens is 671 g/mol. The summed E-state index contributed by atoms with van der Waals surface area (Å²) < 4.78 is 10.9. The lowest BCUT2D eigenvalue weighted by Crippen LogP contribution is -2.57. The van der Waals surface area contributed by atoms with Crippen molar-refractivity contribution in [3.05, 3.63) is 35.9 Å². The standard InChI is InChI=1S/C38H63N5O7S/c1-9-15-29(40-35(46)31-18-13-14-19-42(31)6)37(47)43(7)32(24(2)3)22-33(50-26(5)44)36-41-30(23-51-36)34(45)39-28(20-25(4)38(48)49-8)21-27-16-11-10-12-17-27/h10-12,16-17,24-25,28-34,36,39,41,45H,9,13-15,18-23H2,1-8H3,(H,40,46)/t25-,28+,29+,30+,31-,32+,33+,34+,36-/m0/s1. The van der Waals surface area contributed by atoms with Crippen molar-refractivity contribution in [1.82, 2.24) is 25.8 Å². The largest absolute Gasteiger partial charge is 0.469 e. The predicted octanol–water partition coefficient (Wildman–Crippen LogP) is 3.31. The van der Waals surface area contributed by atoms with Crippen molar-refractivity contribution < 1.29 is 33.8 Å². The van der Waals surface area contributed by atoms with Gasteiger partial charge in [-0.2, -0.15) is 0 Å². The molecule has 2 heterocycles. The molecule has 12 nitrogen and oxygen atoms in total. The first-order chi connectivity index (χ1) is 24.2. The smallest absolute Gasteiger partial charge is 0.308 e. The van der Waals surface area contributed by atoms with E-state index < -0.39 is 24.3 Å². The number of amides is 2. The average molecular weight is 734 g/mol. The van der Waals surface area contributed by atoms with Gasteiger partial charge in [0, 0.05) is 38.2 Å². The molecule has 1 aromatic rings. The minimum absolute atomic E-state index is 0.0319. The van der Waals surface area contributed by atoms with Crippen LogP contribution in [0.3, 0.4) is 0 Å². The Kier molecular flexibility index (Phi) is 17.7. The number of piperidine rings is 1. The number of esters is 2. The van der Waals surface area contributed by atoms with E-state index in [0.717, 1.165) is 37.8 Å². The lowest BCUT2D eigenvalue weighted by atomic mass is 9.94. The number of nitrogens with one attached hydrogen (secondary N) is 3. The maximum atomic E-state index is 14.0. The summed E-state index contributed by atoms with van der Waals surface area (Å²) in [5.74, 6) is -0.750. The second-order valence-electron chi connectivity index (χ2n) is 14.7. The summed E-state index contributed by atoms with van der Waals surface area (Å²) in [5.41, 5.74) is 1.08. The maximum absolute atomic E-state index is 14.0. The molecule has 0 saturated carbocycles. The van der Waals surface area contributed by atoms with E-state index in [4.69, 9.17) is 9.47 Å². The second kappa shape index (κ2) is 21.1. The molecule has 0 aromatic heterocycles. The Morgan fingerprint density at radius 1 is 1.12 bits per heavy atom. The van der Waals surface area contributed by atoms with Gasteiger partial charge in [-0.05, 0) is 57.2 Å². The van der Waals surface area contributed by atoms with Gasteiger partial charge in [0.05, 0.1) is 30.5 Å². The SMILES string of the molecule is CCC[C@@H](NC(=O)[C@@H]1CCCCN1C)C(=O)N(C)[C@H](C[C@@H](OC(C)=O)[C@H]1N[C@@H]([C@@H](O)N[C@@H](Cc2ccccc2)C[C@H](C)C(=O)OC)CS1)C(C)C. The van der Waals surface area contributed by atoms with Gasteiger partial charge in [-0.15, -0.1) is 11.8 Å². The van der Waals surface area contributed by atoms with E-state index in [1.54, 1.807) is 23.7 Å². The summed E-state index contributed by atoms with van der Waals surface area (Å²) in [5, 5.41) is 21.0. The molecule has 0 spiro atoms. The molecule has 51 heavy (non-hydrogen) atoms. The van der Waals surface area contributed by atoms with E-state index in [0.29, 0.717) is 31.4 Å². The molecule has 2 aliphatic heterocycles. The number of nitrogens with zero attached hydrogens (tertiary/aromatic N) is 2. The molecule has 2 fully saturated rings. The van der Waals surface area contributed by atoms with Gasteiger partial charge in [-0.3, -0.25) is 34.7 Å². The zero-order valence-corrected chi connectivity index (χ0v) is 32.7. The minimum Gasteiger partial charge on any atom is -0.469 e.